The second-order valence-electron chi connectivity index (χ2n) is 4.24. The van der Waals surface area contributed by atoms with E-state index < -0.39 is 7.60 Å². The first-order valence-electron chi connectivity index (χ1n) is 6.16. The minimum Gasteiger partial charge on any atom is -0.425 e. The fraction of sp³-hybridized carbons (Fsp3) is 0.200. The lowest BCUT2D eigenvalue weighted by molar-refractivity contribution is 0.273. The van der Waals surface area contributed by atoms with E-state index in [1.165, 1.54) is 6.66 Å². The first-order valence-corrected chi connectivity index (χ1v) is 8.15. The smallest absolute Gasteiger partial charge is 0.376 e. The molecule has 0 aliphatic carbocycles. The summed E-state index contributed by atoms with van der Waals surface area (Å²) in [6.45, 7) is 1.87. The van der Waals surface area contributed by atoms with Gasteiger partial charge in [-0.3, -0.25) is 4.52 Å². The van der Waals surface area contributed by atoms with E-state index in [1.807, 2.05) is 48.5 Å². The van der Waals surface area contributed by atoms with Crippen molar-refractivity contribution in [3.63, 3.8) is 0 Å². The van der Waals surface area contributed by atoms with E-state index in [2.05, 4.69) is 0 Å². The summed E-state index contributed by atoms with van der Waals surface area (Å²) >= 11 is 0. The molecular formula is C15H17O3P. The van der Waals surface area contributed by atoms with Crippen molar-refractivity contribution in [1.29, 1.82) is 0 Å². The molecule has 2 aromatic carbocycles. The first-order chi connectivity index (χ1) is 9.16. The maximum atomic E-state index is 12.1. The Hall–Kier alpha value is -1.57. The normalized spacial score (nSPS) is 13.7. The molecule has 0 saturated carbocycles. The van der Waals surface area contributed by atoms with Crippen molar-refractivity contribution in [1.82, 2.24) is 0 Å². The molecule has 1 atom stereocenters. The number of rotatable bonds is 6. The lowest BCUT2D eigenvalue weighted by atomic mass is 10.2. The Balaban J connectivity index is 1.83. The average molecular weight is 276 g/mol. The van der Waals surface area contributed by atoms with Crippen molar-refractivity contribution >= 4 is 7.60 Å². The van der Waals surface area contributed by atoms with Gasteiger partial charge in [-0.1, -0.05) is 48.5 Å². The number of benzene rings is 2. The highest BCUT2D eigenvalue weighted by Gasteiger charge is 2.18. The maximum Gasteiger partial charge on any atom is 0.376 e. The van der Waals surface area contributed by atoms with Crippen LogP contribution in [0.3, 0.4) is 0 Å². The Morgan fingerprint density at radius 3 is 2.16 bits per heavy atom. The topological polar surface area (TPSA) is 35.5 Å². The Bertz CT molecular complexity index is 540. The number of hydrogen-bond donors (Lipinski definition) is 0. The molecule has 0 bridgehead atoms. The van der Waals surface area contributed by atoms with Crippen LogP contribution in [-0.4, -0.2) is 13.3 Å². The zero-order valence-corrected chi connectivity index (χ0v) is 11.8. The van der Waals surface area contributed by atoms with Crippen LogP contribution in [0.2, 0.25) is 0 Å². The molecule has 0 spiro atoms. The summed E-state index contributed by atoms with van der Waals surface area (Å²) in [7, 11) is -3.05. The van der Waals surface area contributed by atoms with Crippen LogP contribution in [0.5, 0.6) is 5.75 Å². The van der Waals surface area contributed by atoms with Gasteiger partial charge in [-0.2, -0.15) is 0 Å². The van der Waals surface area contributed by atoms with Gasteiger partial charge in [-0.15, -0.1) is 0 Å². The van der Waals surface area contributed by atoms with E-state index >= 15 is 0 Å². The molecule has 1 unspecified atom stereocenters. The fourth-order valence-corrected chi connectivity index (χ4v) is 2.65. The van der Waals surface area contributed by atoms with Gasteiger partial charge in [0, 0.05) is 6.66 Å². The zero-order chi connectivity index (χ0) is 13.6. The van der Waals surface area contributed by atoms with Crippen LogP contribution in [0.4, 0.5) is 0 Å². The molecule has 0 saturated heterocycles. The molecule has 0 N–H and O–H groups in total. The highest BCUT2D eigenvalue weighted by atomic mass is 31.2. The molecule has 4 heteroatoms. The Labute approximate surface area is 113 Å². The molecule has 0 heterocycles. The predicted molar refractivity (Wildman–Crippen MR) is 76.7 cm³/mol. The third kappa shape index (κ3) is 4.90. The molecule has 19 heavy (non-hydrogen) atoms. The first kappa shape index (κ1) is 13.9. The SMILES string of the molecule is CP(=O)(OCCc1ccccc1)Oc1ccccc1. The largest absolute Gasteiger partial charge is 0.425 e. The summed E-state index contributed by atoms with van der Waals surface area (Å²) in [5.74, 6) is 0.563. The Morgan fingerprint density at radius 2 is 1.53 bits per heavy atom. The molecule has 0 aliphatic rings. The van der Waals surface area contributed by atoms with Crippen molar-refractivity contribution in [2.24, 2.45) is 0 Å². The van der Waals surface area contributed by atoms with Crippen molar-refractivity contribution in [3.05, 3.63) is 66.2 Å². The van der Waals surface area contributed by atoms with Gasteiger partial charge in [0.1, 0.15) is 5.75 Å². The lowest BCUT2D eigenvalue weighted by Gasteiger charge is -2.15. The van der Waals surface area contributed by atoms with E-state index in [1.54, 1.807) is 12.1 Å². The molecule has 100 valence electrons. The fourth-order valence-electron chi connectivity index (χ4n) is 1.67. The third-order valence-corrected chi connectivity index (χ3v) is 3.77. The summed E-state index contributed by atoms with van der Waals surface area (Å²) < 4.78 is 22.9. The lowest BCUT2D eigenvalue weighted by Crippen LogP contribution is -2.01. The summed E-state index contributed by atoms with van der Waals surface area (Å²) in [5.41, 5.74) is 1.15. The molecule has 3 nitrogen and oxygen atoms in total. The van der Waals surface area contributed by atoms with Crippen LogP contribution >= 0.6 is 7.60 Å². The molecule has 0 aliphatic heterocycles. The Morgan fingerprint density at radius 1 is 0.947 bits per heavy atom. The van der Waals surface area contributed by atoms with Crippen molar-refractivity contribution in [2.45, 2.75) is 6.42 Å². The van der Waals surface area contributed by atoms with Gasteiger partial charge < -0.3 is 4.52 Å². The zero-order valence-electron chi connectivity index (χ0n) is 10.9. The summed E-state index contributed by atoms with van der Waals surface area (Å²) in [5, 5.41) is 0. The molecule has 0 radical (unpaired) electrons. The second-order valence-corrected chi connectivity index (χ2v) is 6.23. The van der Waals surface area contributed by atoms with Gasteiger partial charge in [0.05, 0.1) is 6.61 Å². The van der Waals surface area contributed by atoms with Crippen LogP contribution in [0.1, 0.15) is 5.56 Å². The van der Waals surface area contributed by atoms with Crippen LogP contribution in [-0.2, 0) is 15.5 Å². The van der Waals surface area contributed by atoms with Crippen LogP contribution < -0.4 is 4.52 Å². The van der Waals surface area contributed by atoms with Crippen LogP contribution in [0.25, 0.3) is 0 Å². The van der Waals surface area contributed by atoms with Gasteiger partial charge >= 0.3 is 7.60 Å². The van der Waals surface area contributed by atoms with Crippen molar-refractivity contribution < 1.29 is 13.6 Å². The van der Waals surface area contributed by atoms with E-state index in [-0.39, 0.29) is 0 Å². The van der Waals surface area contributed by atoms with Gasteiger partial charge in [0.25, 0.3) is 0 Å². The minimum absolute atomic E-state index is 0.380. The highest BCUT2D eigenvalue weighted by molar-refractivity contribution is 7.53. The monoisotopic (exact) mass is 276 g/mol. The van der Waals surface area contributed by atoms with Gasteiger partial charge in [-0.25, -0.2) is 4.57 Å². The minimum atomic E-state index is -3.05. The van der Waals surface area contributed by atoms with Crippen molar-refractivity contribution in [3.8, 4) is 5.75 Å². The average Bonchev–Trinajstić information content (AvgIpc) is 2.40. The van der Waals surface area contributed by atoms with Crippen LogP contribution in [0, 0.1) is 0 Å². The van der Waals surface area contributed by atoms with E-state index in [0.717, 1.165) is 12.0 Å². The Kier molecular flexibility index (Phi) is 4.78. The standard InChI is InChI=1S/C15H17O3P/c1-19(16,18-15-10-6-3-7-11-15)17-13-12-14-8-4-2-5-9-14/h2-11H,12-13H2,1H3. The van der Waals surface area contributed by atoms with E-state index in [0.29, 0.717) is 12.4 Å². The van der Waals surface area contributed by atoms with Crippen LogP contribution in [0.15, 0.2) is 60.7 Å². The van der Waals surface area contributed by atoms with Gasteiger partial charge in [0.15, 0.2) is 0 Å². The van der Waals surface area contributed by atoms with E-state index in [9.17, 15) is 4.57 Å². The predicted octanol–water partition coefficient (Wildman–Crippen LogP) is 4.15. The summed E-state index contributed by atoms with van der Waals surface area (Å²) in [4.78, 5) is 0. The summed E-state index contributed by atoms with van der Waals surface area (Å²) in [6, 6.07) is 19.0. The molecule has 2 aromatic rings. The highest BCUT2D eigenvalue weighted by Crippen LogP contribution is 2.44. The molecule has 0 fully saturated rings. The van der Waals surface area contributed by atoms with Gasteiger partial charge in [-0.05, 0) is 24.1 Å². The van der Waals surface area contributed by atoms with Crippen molar-refractivity contribution in [2.75, 3.05) is 13.3 Å². The molecule has 0 aromatic heterocycles. The number of hydrogen-bond acceptors (Lipinski definition) is 3. The van der Waals surface area contributed by atoms with E-state index in [4.69, 9.17) is 9.05 Å². The molecular weight excluding hydrogens is 259 g/mol. The molecule has 2 rings (SSSR count). The van der Waals surface area contributed by atoms with Gasteiger partial charge in [0.2, 0.25) is 0 Å². The third-order valence-electron chi connectivity index (χ3n) is 2.57. The maximum absolute atomic E-state index is 12.1. The molecule has 0 amide bonds. The second kappa shape index (κ2) is 6.55. The summed E-state index contributed by atoms with van der Waals surface area (Å²) in [6.07, 6.45) is 0.719. The quantitative estimate of drug-likeness (QED) is 0.743. The number of para-hydroxylation sites is 1.